The number of carbonyl (C=O) groups excluding carboxylic acids is 1. The van der Waals surface area contributed by atoms with Crippen molar-refractivity contribution in [3.63, 3.8) is 0 Å². The number of hydrogen-bond donors (Lipinski definition) is 1. The number of carbonyl (C=O) groups is 1. The topological polar surface area (TPSA) is 77.2 Å². The lowest BCUT2D eigenvalue weighted by atomic mass is 9.92. The Balaban J connectivity index is 1.88. The number of fused-ring (bicyclic) bond motifs is 1. The van der Waals surface area contributed by atoms with Gasteiger partial charge in [-0.2, -0.15) is 5.26 Å². The molecule has 23 heavy (non-hydrogen) atoms. The van der Waals surface area contributed by atoms with E-state index in [0.29, 0.717) is 30.9 Å². The van der Waals surface area contributed by atoms with Crippen molar-refractivity contribution in [2.75, 3.05) is 13.1 Å². The predicted octanol–water partition coefficient (Wildman–Crippen LogP) is 3.35. The zero-order valence-electron chi connectivity index (χ0n) is 12.8. The number of aliphatic hydroxyl groups is 1. The van der Waals surface area contributed by atoms with E-state index in [1.54, 1.807) is 11.8 Å². The quantitative estimate of drug-likeness (QED) is 0.678. The van der Waals surface area contributed by atoms with E-state index in [1.165, 1.54) is 11.3 Å². The first-order chi connectivity index (χ1) is 11.1. The summed E-state index contributed by atoms with van der Waals surface area (Å²) in [7, 11) is 0. The number of benzene rings is 1. The molecule has 0 aliphatic carbocycles. The number of likely N-dealkylation sites (tertiary alicyclic amines) is 1. The van der Waals surface area contributed by atoms with Crippen molar-refractivity contribution in [2.24, 2.45) is 5.92 Å². The van der Waals surface area contributed by atoms with Crippen LogP contribution in [-0.2, 0) is 4.79 Å². The molecule has 0 saturated carbocycles. The maximum Gasteiger partial charge on any atom is 0.219 e. The number of thiazole rings is 1. The molecular weight excluding hydrogens is 310 g/mol. The Hall–Kier alpha value is -2.39. The molecular formula is C17H17N3O2S. The smallest absolute Gasteiger partial charge is 0.219 e. The molecule has 1 aliphatic rings. The molecule has 2 heterocycles. The molecule has 1 saturated heterocycles. The van der Waals surface area contributed by atoms with Crippen LogP contribution >= 0.6 is 11.3 Å². The third kappa shape index (κ3) is 3.06. The van der Waals surface area contributed by atoms with E-state index in [2.05, 4.69) is 11.1 Å². The minimum atomic E-state index is -0.0905. The van der Waals surface area contributed by atoms with Gasteiger partial charge in [0.2, 0.25) is 5.91 Å². The molecule has 1 aromatic heterocycles. The van der Waals surface area contributed by atoms with E-state index < -0.39 is 0 Å². The van der Waals surface area contributed by atoms with Crippen molar-refractivity contribution in [1.29, 1.82) is 5.26 Å². The molecule has 0 atom stereocenters. The number of nitriles is 1. The Morgan fingerprint density at radius 1 is 1.39 bits per heavy atom. The van der Waals surface area contributed by atoms with Crippen LogP contribution in [0.2, 0.25) is 0 Å². The number of hydrogen-bond acceptors (Lipinski definition) is 5. The van der Waals surface area contributed by atoms with Crippen LogP contribution in [0.3, 0.4) is 0 Å². The Morgan fingerprint density at radius 3 is 2.70 bits per heavy atom. The fourth-order valence-electron chi connectivity index (χ4n) is 2.87. The number of allylic oxidation sites excluding steroid dienone is 2. The van der Waals surface area contributed by atoms with Gasteiger partial charge in [-0.1, -0.05) is 12.1 Å². The van der Waals surface area contributed by atoms with Crippen LogP contribution in [0.1, 0.15) is 24.8 Å². The molecule has 5 nitrogen and oxygen atoms in total. The highest BCUT2D eigenvalue weighted by molar-refractivity contribution is 7.19. The number of aliphatic hydroxyl groups excluding tert-OH is 1. The minimum absolute atomic E-state index is 0.0543. The summed E-state index contributed by atoms with van der Waals surface area (Å²) in [6.07, 6.45) is 1.34. The summed E-state index contributed by atoms with van der Waals surface area (Å²) < 4.78 is 0.995. The third-order valence-corrected chi connectivity index (χ3v) is 5.26. The minimum Gasteiger partial charge on any atom is -0.511 e. The zero-order chi connectivity index (χ0) is 16.4. The molecule has 0 radical (unpaired) electrons. The van der Waals surface area contributed by atoms with Crippen LogP contribution in [-0.4, -0.2) is 34.0 Å². The molecule has 1 N–H and O–H groups in total. The van der Waals surface area contributed by atoms with Gasteiger partial charge in [0.15, 0.2) is 0 Å². The summed E-state index contributed by atoms with van der Waals surface area (Å²) in [5.74, 6) is 0.0700. The Morgan fingerprint density at radius 2 is 2.09 bits per heavy atom. The third-order valence-electron chi connectivity index (χ3n) is 4.20. The molecule has 0 spiro atoms. The van der Waals surface area contributed by atoms with Gasteiger partial charge in [0, 0.05) is 25.9 Å². The summed E-state index contributed by atoms with van der Waals surface area (Å²) in [5, 5.41) is 20.6. The molecule has 1 aliphatic heterocycles. The monoisotopic (exact) mass is 327 g/mol. The van der Waals surface area contributed by atoms with Gasteiger partial charge in [0.25, 0.3) is 0 Å². The molecule has 1 fully saturated rings. The highest BCUT2D eigenvalue weighted by Gasteiger charge is 2.26. The number of amides is 1. The van der Waals surface area contributed by atoms with Crippen molar-refractivity contribution < 1.29 is 9.90 Å². The van der Waals surface area contributed by atoms with Crippen molar-refractivity contribution in [3.8, 4) is 6.07 Å². The lowest BCUT2D eigenvalue weighted by Gasteiger charge is -2.31. The first-order valence-corrected chi connectivity index (χ1v) is 8.36. The van der Waals surface area contributed by atoms with Crippen molar-refractivity contribution in [3.05, 3.63) is 35.0 Å². The number of nitrogens with zero attached hydrogens (tertiary/aromatic N) is 3. The second-order valence-corrected chi connectivity index (χ2v) is 6.67. The highest BCUT2D eigenvalue weighted by atomic mass is 32.1. The van der Waals surface area contributed by atoms with Crippen LogP contribution in [0, 0.1) is 17.2 Å². The summed E-state index contributed by atoms with van der Waals surface area (Å²) in [6.45, 7) is 2.78. The zero-order valence-corrected chi connectivity index (χ0v) is 13.6. The van der Waals surface area contributed by atoms with E-state index in [-0.39, 0.29) is 23.2 Å². The summed E-state index contributed by atoms with van der Waals surface area (Å²) in [6, 6.07) is 9.78. The normalized spacial score (nSPS) is 17.0. The van der Waals surface area contributed by atoms with Gasteiger partial charge in [-0.15, -0.1) is 11.3 Å². The van der Waals surface area contributed by atoms with Crippen LogP contribution in [0.25, 0.3) is 15.8 Å². The maximum atomic E-state index is 11.4. The fourth-order valence-corrected chi connectivity index (χ4v) is 3.84. The average Bonchev–Trinajstić information content (AvgIpc) is 2.99. The molecule has 0 unspecified atom stereocenters. The van der Waals surface area contributed by atoms with Gasteiger partial charge in [0.1, 0.15) is 22.4 Å². The van der Waals surface area contributed by atoms with E-state index >= 15 is 0 Å². The van der Waals surface area contributed by atoms with Gasteiger partial charge in [-0.25, -0.2) is 4.98 Å². The Bertz CT molecular complexity index is 778. The average molecular weight is 327 g/mol. The number of para-hydroxylation sites is 1. The maximum absolute atomic E-state index is 11.4. The van der Waals surface area contributed by atoms with Crippen molar-refractivity contribution in [2.45, 2.75) is 19.8 Å². The molecule has 118 valence electrons. The van der Waals surface area contributed by atoms with E-state index in [4.69, 9.17) is 0 Å². The number of rotatable bonds is 2. The molecule has 6 heteroatoms. The number of piperidine rings is 1. The van der Waals surface area contributed by atoms with Crippen LogP contribution in [0.15, 0.2) is 30.0 Å². The van der Waals surface area contributed by atoms with E-state index in [9.17, 15) is 15.2 Å². The van der Waals surface area contributed by atoms with Crippen LogP contribution < -0.4 is 0 Å². The van der Waals surface area contributed by atoms with Gasteiger partial charge >= 0.3 is 0 Å². The van der Waals surface area contributed by atoms with Gasteiger partial charge < -0.3 is 10.0 Å². The lowest BCUT2D eigenvalue weighted by Crippen LogP contribution is -2.37. The second kappa shape index (κ2) is 6.39. The standard InChI is InChI=1S/C17H17N3O2S/c1-11(21)20-8-6-12(7-9-20)16(22)13(10-18)17-19-14-4-2-3-5-15(14)23-17/h2-5,12,22H,6-9H2,1H3. The Kier molecular flexibility index (Phi) is 4.30. The van der Waals surface area contributed by atoms with Crippen molar-refractivity contribution in [1.82, 2.24) is 9.88 Å². The van der Waals surface area contributed by atoms with E-state index in [1.807, 2.05) is 24.3 Å². The number of aromatic nitrogens is 1. The van der Waals surface area contributed by atoms with Gasteiger partial charge in [-0.3, -0.25) is 4.79 Å². The second-order valence-electron chi connectivity index (χ2n) is 5.64. The Labute approximate surface area is 138 Å². The first-order valence-electron chi connectivity index (χ1n) is 7.55. The van der Waals surface area contributed by atoms with Crippen molar-refractivity contribution >= 4 is 33.0 Å². The molecule has 0 bridgehead atoms. The highest BCUT2D eigenvalue weighted by Crippen LogP contribution is 2.32. The fraction of sp³-hybridized carbons (Fsp3) is 0.353. The van der Waals surface area contributed by atoms with Crippen LogP contribution in [0.4, 0.5) is 0 Å². The SMILES string of the molecule is CC(=O)N1CCC(C(O)=C(C#N)c2nc3ccccc3s2)CC1. The van der Waals surface area contributed by atoms with Crippen LogP contribution in [0.5, 0.6) is 0 Å². The molecule has 2 aromatic rings. The molecule has 3 rings (SSSR count). The summed E-state index contributed by atoms with van der Waals surface area (Å²) in [5.41, 5.74) is 1.09. The summed E-state index contributed by atoms with van der Waals surface area (Å²) in [4.78, 5) is 17.6. The predicted molar refractivity (Wildman–Crippen MR) is 89.8 cm³/mol. The molecule has 1 amide bonds. The van der Waals surface area contributed by atoms with Gasteiger partial charge in [-0.05, 0) is 25.0 Å². The lowest BCUT2D eigenvalue weighted by molar-refractivity contribution is -0.130. The van der Waals surface area contributed by atoms with E-state index in [0.717, 1.165) is 10.2 Å². The first kappa shape index (κ1) is 15.5. The summed E-state index contributed by atoms with van der Waals surface area (Å²) >= 11 is 1.41. The largest absolute Gasteiger partial charge is 0.511 e. The van der Waals surface area contributed by atoms with Gasteiger partial charge in [0.05, 0.1) is 10.2 Å². The molecule has 1 aromatic carbocycles.